The van der Waals surface area contributed by atoms with E-state index in [1.54, 1.807) is 31.5 Å². The van der Waals surface area contributed by atoms with E-state index in [-0.39, 0.29) is 12.1 Å². The number of nitrogens with zero attached hydrogens (tertiary/aromatic N) is 3. The predicted molar refractivity (Wildman–Crippen MR) is 113 cm³/mol. The molecule has 6 nitrogen and oxygen atoms in total. The summed E-state index contributed by atoms with van der Waals surface area (Å²) in [5, 5.41) is 10.9. The summed E-state index contributed by atoms with van der Waals surface area (Å²) in [5.41, 5.74) is 2.80. The first kappa shape index (κ1) is 18.9. The van der Waals surface area contributed by atoms with Crippen LogP contribution in [0.2, 0.25) is 0 Å². The van der Waals surface area contributed by atoms with Crippen LogP contribution in [-0.4, -0.2) is 25.7 Å². The molecule has 0 fully saturated rings. The highest BCUT2D eigenvalue weighted by Crippen LogP contribution is 2.24. The van der Waals surface area contributed by atoms with Gasteiger partial charge in [0.15, 0.2) is 5.82 Å². The number of aromatic nitrogens is 4. The number of hydrogen-bond acceptors (Lipinski definition) is 3. The SMILES string of the molecule is Cc1ccc(F)c(CNC(=O)c2ccc3c(c2)ncn3-c2n[nH]c3ccccc23)c1F. The highest BCUT2D eigenvalue weighted by molar-refractivity contribution is 5.98. The van der Waals surface area contributed by atoms with Crippen LogP contribution >= 0.6 is 0 Å². The molecule has 8 heteroatoms. The van der Waals surface area contributed by atoms with Crippen molar-refractivity contribution in [2.24, 2.45) is 0 Å². The van der Waals surface area contributed by atoms with Crippen LogP contribution in [0.15, 0.2) is 60.9 Å². The molecule has 2 N–H and O–H groups in total. The van der Waals surface area contributed by atoms with Crippen molar-refractivity contribution in [1.82, 2.24) is 25.1 Å². The zero-order valence-corrected chi connectivity index (χ0v) is 16.5. The summed E-state index contributed by atoms with van der Waals surface area (Å²) >= 11 is 0. The first-order valence-corrected chi connectivity index (χ1v) is 9.65. The third-order valence-corrected chi connectivity index (χ3v) is 5.29. The first-order chi connectivity index (χ1) is 15.0. The highest BCUT2D eigenvalue weighted by Gasteiger charge is 2.16. The fourth-order valence-corrected chi connectivity index (χ4v) is 3.60. The van der Waals surface area contributed by atoms with Crippen LogP contribution in [0.5, 0.6) is 0 Å². The smallest absolute Gasteiger partial charge is 0.251 e. The lowest BCUT2D eigenvalue weighted by Gasteiger charge is -2.09. The second-order valence-corrected chi connectivity index (χ2v) is 7.25. The molecule has 0 saturated heterocycles. The van der Waals surface area contributed by atoms with Crippen molar-refractivity contribution in [2.75, 3.05) is 0 Å². The van der Waals surface area contributed by atoms with Gasteiger partial charge in [0, 0.05) is 23.1 Å². The van der Waals surface area contributed by atoms with Gasteiger partial charge in [-0.05, 0) is 48.9 Å². The van der Waals surface area contributed by atoms with E-state index in [2.05, 4.69) is 20.5 Å². The van der Waals surface area contributed by atoms with Gasteiger partial charge in [-0.15, -0.1) is 0 Å². The van der Waals surface area contributed by atoms with E-state index in [1.165, 1.54) is 12.1 Å². The zero-order valence-electron chi connectivity index (χ0n) is 16.5. The average molecular weight is 417 g/mol. The molecule has 0 radical (unpaired) electrons. The summed E-state index contributed by atoms with van der Waals surface area (Å²) in [6.07, 6.45) is 1.65. The van der Waals surface area contributed by atoms with Crippen LogP contribution in [0.3, 0.4) is 0 Å². The number of halogens is 2. The maximum atomic E-state index is 14.2. The maximum absolute atomic E-state index is 14.2. The molecule has 0 unspecified atom stereocenters. The van der Waals surface area contributed by atoms with Crippen molar-refractivity contribution < 1.29 is 13.6 Å². The third-order valence-electron chi connectivity index (χ3n) is 5.29. The molecule has 5 rings (SSSR count). The monoisotopic (exact) mass is 417 g/mol. The number of fused-ring (bicyclic) bond motifs is 2. The van der Waals surface area contributed by atoms with Crippen LogP contribution in [0, 0.1) is 18.6 Å². The Morgan fingerprint density at radius 1 is 1.13 bits per heavy atom. The summed E-state index contributed by atoms with van der Waals surface area (Å²) in [5.74, 6) is -1.08. The van der Waals surface area contributed by atoms with Crippen molar-refractivity contribution in [3.8, 4) is 5.82 Å². The number of para-hydroxylation sites is 1. The Hall–Kier alpha value is -4.07. The standard InChI is InChI=1S/C23H17F2N5O/c1-13-6-8-17(24)16(21(13)25)11-26-23(31)14-7-9-20-19(10-14)27-12-30(20)22-15-4-2-3-5-18(15)28-29-22/h2-10,12H,11H2,1H3,(H,26,31)(H,28,29). The summed E-state index contributed by atoms with van der Waals surface area (Å²) in [4.78, 5) is 17.0. The average Bonchev–Trinajstić information content (AvgIpc) is 3.39. The minimum atomic E-state index is -0.691. The Labute approximate surface area is 175 Å². The number of amides is 1. The molecule has 2 aromatic heterocycles. The fourth-order valence-electron chi connectivity index (χ4n) is 3.60. The normalized spacial score (nSPS) is 11.3. The lowest BCUT2D eigenvalue weighted by molar-refractivity contribution is 0.0950. The number of imidazole rings is 1. The van der Waals surface area contributed by atoms with Gasteiger partial charge in [-0.2, -0.15) is 5.10 Å². The number of hydrogen-bond donors (Lipinski definition) is 2. The molecular formula is C23H17F2N5O. The summed E-state index contributed by atoms with van der Waals surface area (Å²) in [6, 6.07) is 15.4. The molecule has 1 amide bonds. The van der Waals surface area contributed by atoms with Gasteiger partial charge < -0.3 is 5.32 Å². The Bertz CT molecular complexity index is 1450. The molecule has 31 heavy (non-hydrogen) atoms. The number of nitrogens with one attached hydrogen (secondary N) is 2. The number of aromatic amines is 1. The number of rotatable bonds is 4. The van der Waals surface area contributed by atoms with Gasteiger partial charge in [-0.1, -0.05) is 18.2 Å². The van der Waals surface area contributed by atoms with Gasteiger partial charge in [0.2, 0.25) is 0 Å². The first-order valence-electron chi connectivity index (χ1n) is 9.65. The molecule has 0 spiro atoms. The number of carbonyl (C=O) groups excluding carboxylic acids is 1. The molecule has 3 aromatic carbocycles. The molecule has 0 aliphatic carbocycles. The second-order valence-electron chi connectivity index (χ2n) is 7.25. The van der Waals surface area contributed by atoms with Crippen molar-refractivity contribution in [3.05, 3.63) is 89.2 Å². The maximum Gasteiger partial charge on any atom is 0.251 e. The van der Waals surface area contributed by atoms with Gasteiger partial charge in [0.1, 0.15) is 18.0 Å². The Morgan fingerprint density at radius 2 is 1.97 bits per heavy atom. The lowest BCUT2D eigenvalue weighted by atomic mass is 10.1. The number of H-pyrrole nitrogens is 1. The van der Waals surface area contributed by atoms with Crippen LogP contribution in [-0.2, 0) is 6.54 Å². The van der Waals surface area contributed by atoms with E-state index in [4.69, 9.17) is 0 Å². The van der Waals surface area contributed by atoms with Gasteiger partial charge >= 0.3 is 0 Å². The van der Waals surface area contributed by atoms with Crippen molar-refractivity contribution >= 4 is 27.8 Å². The molecule has 2 heterocycles. The van der Waals surface area contributed by atoms with Crippen molar-refractivity contribution in [1.29, 1.82) is 0 Å². The third kappa shape index (κ3) is 3.22. The highest BCUT2D eigenvalue weighted by atomic mass is 19.1. The van der Waals surface area contributed by atoms with Gasteiger partial charge in [0.05, 0.1) is 16.6 Å². The largest absolute Gasteiger partial charge is 0.348 e. The molecule has 0 bridgehead atoms. The van der Waals surface area contributed by atoms with E-state index in [1.807, 2.05) is 28.8 Å². The van der Waals surface area contributed by atoms with Gasteiger partial charge in [0.25, 0.3) is 5.91 Å². The zero-order chi connectivity index (χ0) is 21.5. The topological polar surface area (TPSA) is 75.6 Å². The second kappa shape index (κ2) is 7.32. The molecule has 5 aromatic rings. The van der Waals surface area contributed by atoms with Crippen LogP contribution in [0.1, 0.15) is 21.5 Å². The molecular weight excluding hydrogens is 400 g/mol. The summed E-state index contributed by atoms with van der Waals surface area (Å²) in [7, 11) is 0. The predicted octanol–water partition coefficient (Wildman–Crippen LogP) is 4.42. The van der Waals surface area contributed by atoms with Crippen molar-refractivity contribution in [2.45, 2.75) is 13.5 Å². The van der Waals surface area contributed by atoms with E-state index in [0.717, 1.165) is 16.4 Å². The summed E-state index contributed by atoms with van der Waals surface area (Å²) in [6.45, 7) is 1.30. The van der Waals surface area contributed by atoms with Gasteiger partial charge in [-0.3, -0.25) is 14.5 Å². The van der Waals surface area contributed by atoms with Crippen LogP contribution < -0.4 is 5.32 Å². The van der Waals surface area contributed by atoms with Crippen molar-refractivity contribution in [3.63, 3.8) is 0 Å². The van der Waals surface area contributed by atoms with E-state index < -0.39 is 17.5 Å². The molecule has 154 valence electrons. The summed E-state index contributed by atoms with van der Waals surface area (Å²) < 4.78 is 29.9. The quantitative estimate of drug-likeness (QED) is 0.455. The van der Waals surface area contributed by atoms with Crippen LogP contribution in [0.4, 0.5) is 8.78 Å². The van der Waals surface area contributed by atoms with E-state index in [9.17, 15) is 13.6 Å². The minimum absolute atomic E-state index is 0.163. The lowest BCUT2D eigenvalue weighted by Crippen LogP contribution is -2.24. The number of aryl methyl sites for hydroxylation is 1. The Morgan fingerprint density at radius 3 is 2.84 bits per heavy atom. The molecule has 0 aliphatic heterocycles. The van der Waals surface area contributed by atoms with Crippen LogP contribution in [0.25, 0.3) is 27.8 Å². The minimum Gasteiger partial charge on any atom is -0.348 e. The van der Waals surface area contributed by atoms with Gasteiger partial charge in [-0.25, -0.2) is 13.8 Å². The van der Waals surface area contributed by atoms with E-state index in [0.29, 0.717) is 22.5 Å². The molecule has 0 saturated carbocycles. The Balaban J connectivity index is 1.42. The number of carbonyl (C=O) groups is 1. The molecule has 0 aliphatic rings. The number of benzene rings is 3. The fraction of sp³-hybridized carbons (Fsp3) is 0.0870. The molecule has 0 atom stereocenters. The Kier molecular flexibility index (Phi) is 4.47. The van der Waals surface area contributed by atoms with E-state index >= 15 is 0 Å².